The van der Waals surface area contributed by atoms with Crippen LogP contribution in [0.15, 0.2) is 0 Å². The average molecular weight is 208 g/mol. The summed E-state index contributed by atoms with van der Waals surface area (Å²) in [5.41, 5.74) is 0. The van der Waals surface area contributed by atoms with Crippen LogP contribution in [0, 0.1) is 0 Å². The molecule has 4 nitrogen and oxygen atoms in total. The van der Waals surface area contributed by atoms with Gasteiger partial charge in [0.05, 0.1) is 12.4 Å². The number of ether oxygens (including phenoxy) is 1. The molecule has 0 spiro atoms. The first kappa shape index (κ1) is 12.6. The molecule has 0 heterocycles. The summed E-state index contributed by atoms with van der Waals surface area (Å²) in [5, 5.41) is 0. The molecule has 0 saturated heterocycles. The maximum absolute atomic E-state index is 11.2. The Hall–Kier alpha value is -0.420. The van der Waals surface area contributed by atoms with Crippen molar-refractivity contribution in [1.82, 2.24) is 0 Å². The van der Waals surface area contributed by atoms with E-state index in [1.54, 1.807) is 0 Å². The van der Waals surface area contributed by atoms with Gasteiger partial charge in [-0.2, -0.15) is 0 Å². The minimum absolute atomic E-state index is 0.0705. The van der Waals surface area contributed by atoms with E-state index < -0.39 is 9.84 Å². The second-order valence-corrected chi connectivity index (χ2v) is 5.06. The number of carbonyl (C=O) groups is 1. The Balaban J connectivity index is 3.95. The Morgan fingerprint density at radius 3 is 2.46 bits per heavy atom. The Labute approximate surface area is 79.2 Å². The fourth-order valence-corrected chi connectivity index (χ4v) is 2.08. The van der Waals surface area contributed by atoms with E-state index in [2.05, 4.69) is 4.74 Å². The zero-order chi connectivity index (χ0) is 10.3. The van der Waals surface area contributed by atoms with Gasteiger partial charge in [0.25, 0.3) is 0 Å². The maximum Gasteiger partial charge on any atom is 0.159 e. The van der Waals surface area contributed by atoms with Crippen LogP contribution in [0.2, 0.25) is 0 Å². The lowest BCUT2D eigenvalue weighted by Gasteiger charge is -2.01. The van der Waals surface area contributed by atoms with Gasteiger partial charge in [0.2, 0.25) is 0 Å². The SMILES string of the molecule is CCCC(=O)CS(=O)(=O)CCOC. The molecule has 0 unspecified atom stereocenters. The minimum atomic E-state index is -3.24. The van der Waals surface area contributed by atoms with Crippen LogP contribution < -0.4 is 0 Å². The van der Waals surface area contributed by atoms with Crippen molar-refractivity contribution < 1.29 is 17.9 Å². The van der Waals surface area contributed by atoms with Crippen LogP contribution in [0.4, 0.5) is 0 Å². The third-order valence-corrected chi connectivity index (χ3v) is 3.06. The van der Waals surface area contributed by atoms with Crippen LogP contribution in [0.3, 0.4) is 0 Å². The van der Waals surface area contributed by atoms with Crippen LogP contribution in [0.5, 0.6) is 0 Å². The Morgan fingerprint density at radius 2 is 2.00 bits per heavy atom. The number of Topliss-reactive ketones (excluding diaryl/α,β-unsaturated/α-hetero) is 1. The average Bonchev–Trinajstić information content (AvgIpc) is 2.00. The number of methoxy groups -OCH3 is 1. The second kappa shape index (κ2) is 6.10. The molecule has 13 heavy (non-hydrogen) atoms. The van der Waals surface area contributed by atoms with Crippen molar-refractivity contribution in [3.8, 4) is 0 Å². The summed E-state index contributed by atoms with van der Waals surface area (Å²) < 4.78 is 27.0. The molecule has 0 aliphatic heterocycles. The van der Waals surface area contributed by atoms with E-state index in [-0.39, 0.29) is 23.9 Å². The van der Waals surface area contributed by atoms with Gasteiger partial charge >= 0.3 is 0 Å². The largest absolute Gasteiger partial charge is 0.384 e. The summed E-state index contributed by atoms with van der Waals surface area (Å²) in [7, 11) is -1.81. The molecule has 0 bridgehead atoms. The number of ketones is 1. The lowest BCUT2D eigenvalue weighted by Crippen LogP contribution is -2.20. The van der Waals surface area contributed by atoms with Gasteiger partial charge in [-0.05, 0) is 6.42 Å². The third kappa shape index (κ3) is 6.72. The molecule has 0 radical (unpaired) electrons. The first-order valence-corrected chi connectivity index (χ1v) is 6.05. The highest BCUT2D eigenvalue weighted by atomic mass is 32.2. The van der Waals surface area contributed by atoms with Crippen molar-refractivity contribution >= 4 is 15.6 Å². The lowest BCUT2D eigenvalue weighted by molar-refractivity contribution is -0.116. The molecule has 0 atom stereocenters. The molecule has 5 heteroatoms. The number of carbonyl (C=O) groups excluding carboxylic acids is 1. The fraction of sp³-hybridized carbons (Fsp3) is 0.875. The van der Waals surface area contributed by atoms with Crippen molar-refractivity contribution in [3.05, 3.63) is 0 Å². The lowest BCUT2D eigenvalue weighted by atomic mass is 10.3. The van der Waals surface area contributed by atoms with Crippen LogP contribution >= 0.6 is 0 Å². The molecule has 0 fully saturated rings. The molecule has 0 rings (SSSR count). The van der Waals surface area contributed by atoms with Gasteiger partial charge in [-0.15, -0.1) is 0 Å². The summed E-state index contributed by atoms with van der Waals surface area (Å²) in [5.74, 6) is -0.623. The molecule has 0 N–H and O–H groups in total. The molecular formula is C8H16O4S. The summed E-state index contributed by atoms with van der Waals surface area (Å²) in [4.78, 5) is 11.0. The van der Waals surface area contributed by atoms with Crippen LogP contribution in [0.1, 0.15) is 19.8 Å². The summed E-state index contributed by atoms with van der Waals surface area (Å²) >= 11 is 0. The maximum atomic E-state index is 11.2. The summed E-state index contributed by atoms with van der Waals surface area (Å²) in [6.07, 6.45) is 1.03. The van der Waals surface area contributed by atoms with Gasteiger partial charge in [0.15, 0.2) is 9.84 Å². The van der Waals surface area contributed by atoms with Crippen molar-refractivity contribution in [1.29, 1.82) is 0 Å². The Kier molecular flexibility index (Phi) is 5.90. The first-order valence-electron chi connectivity index (χ1n) is 4.23. The van der Waals surface area contributed by atoms with Crippen molar-refractivity contribution in [2.24, 2.45) is 0 Å². The number of rotatable bonds is 7. The van der Waals surface area contributed by atoms with Gasteiger partial charge in [-0.3, -0.25) is 4.79 Å². The second-order valence-electron chi connectivity index (χ2n) is 2.87. The highest BCUT2D eigenvalue weighted by molar-refractivity contribution is 7.92. The van der Waals surface area contributed by atoms with Gasteiger partial charge in [-0.1, -0.05) is 6.92 Å². The van der Waals surface area contributed by atoms with E-state index in [1.807, 2.05) is 6.92 Å². The molecule has 0 aromatic rings. The predicted octanol–water partition coefficient (Wildman–Crippen LogP) is 0.417. The highest BCUT2D eigenvalue weighted by Crippen LogP contribution is 1.96. The smallest absolute Gasteiger partial charge is 0.159 e. The zero-order valence-electron chi connectivity index (χ0n) is 8.08. The molecular weight excluding hydrogens is 192 g/mol. The van der Waals surface area contributed by atoms with E-state index in [9.17, 15) is 13.2 Å². The molecule has 0 aliphatic rings. The van der Waals surface area contributed by atoms with Crippen LogP contribution in [-0.4, -0.2) is 39.4 Å². The van der Waals surface area contributed by atoms with Crippen LogP contribution in [-0.2, 0) is 19.4 Å². The number of hydrogen-bond acceptors (Lipinski definition) is 4. The van der Waals surface area contributed by atoms with Gasteiger partial charge in [0.1, 0.15) is 11.5 Å². The topological polar surface area (TPSA) is 60.4 Å². The Morgan fingerprint density at radius 1 is 1.38 bits per heavy atom. The summed E-state index contributed by atoms with van der Waals surface area (Å²) in [6.45, 7) is 2.00. The molecule has 0 aliphatic carbocycles. The van der Waals surface area contributed by atoms with Crippen molar-refractivity contribution in [2.45, 2.75) is 19.8 Å². The first-order chi connectivity index (χ1) is 6.02. The molecule has 0 amide bonds. The van der Waals surface area contributed by atoms with E-state index in [1.165, 1.54) is 7.11 Å². The van der Waals surface area contributed by atoms with E-state index in [4.69, 9.17) is 0 Å². The molecule has 0 aromatic heterocycles. The molecule has 78 valence electrons. The highest BCUT2D eigenvalue weighted by Gasteiger charge is 2.15. The molecule has 0 aromatic carbocycles. The quantitative estimate of drug-likeness (QED) is 0.608. The van der Waals surface area contributed by atoms with Crippen LogP contribution in [0.25, 0.3) is 0 Å². The fourth-order valence-electron chi connectivity index (χ4n) is 0.879. The van der Waals surface area contributed by atoms with Gasteiger partial charge in [-0.25, -0.2) is 8.42 Å². The third-order valence-electron chi connectivity index (χ3n) is 1.51. The van der Waals surface area contributed by atoms with Gasteiger partial charge in [0, 0.05) is 13.5 Å². The number of sulfone groups is 1. The number of hydrogen-bond donors (Lipinski definition) is 0. The van der Waals surface area contributed by atoms with E-state index in [0.29, 0.717) is 12.8 Å². The predicted molar refractivity (Wildman–Crippen MR) is 50.4 cm³/mol. The van der Waals surface area contributed by atoms with Crippen molar-refractivity contribution in [2.75, 3.05) is 25.2 Å². The van der Waals surface area contributed by atoms with Gasteiger partial charge < -0.3 is 4.74 Å². The van der Waals surface area contributed by atoms with E-state index >= 15 is 0 Å². The minimum Gasteiger partial charge on any atom is -0.384 e. The zero-order valence-corrected chi connectivity index (χ0v) is 8.89. The summed E-state index contributed by atoms with van der Waals surface area (Å²) in [6, 6.07) is 0. The monoisotopic (exact) mass is 208 g/mol. The van der Waals surface area contributed by atoms with Crippen molar-refractivity contribution in [3.63, 3.8) is 0 Å². The standard InChI is InChI=1S/C8H16O4S/c1-3-4-8(9)7-13(10,11)6-5-12-2/h3-7H2,1-2H3. The normalized spacial score (nSPS) is 11.5. The molecule has 0 saturated carbocycles. The van der Waals surface area contributed by atoms with E-state index in [0.717, 1.165) is 0 Å². The Bertz CT molecular complexity index is 243.